The number of nitrogens with one attached hydrogen (secondary N) is 1. The molecule has 19 heavy (non-hydrogen) atoms. The molecule has 0 radical (unpaired) electrons. The van der Waals surface area contributed by atoms with Crippen molar-refractivity contribution in [3.8, 4) is 0 Å². The third kappa shape index (κ3) is 5.70. The maximum Gasteiger partial charge on any atom is 0.224 e. The van der Waals surface area contributed by atoms with Gasteiger partial charge in [-0.25, -0.2) is 4.39 Å². The lowest BCUT2D eigenvalue weighted by atomic mass is 9.84. The minimum absolute atomic E-state index is 0.0321. The Bertz CT molecular complexity index is 449. The van der Waals surface area contributed by atoms with Crippen LogP contribution in [0.4, 0.5) is 10.1 Å². The molecule has 0 saturated carbocycles. The van der Waals surface area contributed by atoms with Gasteiger partial charge in [0.05, 0.1) is 5.69 Å². The predicted molar refractivity (Wildman–Crippen MR) is 79.4 cm³/mol. The Kier molecular flexibility index (Phi) is 5.94. The molecule has 106 valence electrons. The second-order valence-corrected chi connectivity index (χ2v) is 6.29. The van der Waals surface area contributed by atoms with E-state index >= 15 is 0 Å². The summed E-state index contributed by atoms with van der Waals surface area (Å²) >= 11 is 3.17. The summed E-state index contributed by atoms with van der Waals surface area (Å²) in [5, 5.41) is 2.59. The van der Waals surface area contributed by atoms with Gasteiger partial charge in [0, 0.05) is 10.9 Å². The molecule has 0 fully saturated rings. The Labute approximate surface area is 121 Å². The molecule has 0 aliphatic heterocycles. The molecule has 0 saturated heterocycles. The molecule has 5 heteroatoms. The number of nitrogens with two attached hydrogens (primary N) is 1. The number of hydrogen-bond donors (Lipinski definition) is 2. The molecule has 0 spiro atoms. The van der Waals surface area contributed by atoms with Crippen molar-refractivity contribution in [1.82, 2.24) is 0 Å². The van der Waals surface area contributed by atoms with Crippen LogP contribution < -0.4 is 11.1 Å². The van der Waals surface area contributed by atoms with Gasteiger partial charge >= 0.3 is 0 Å². The molecule has 1 aromatic carbocycles. The van der Waals surface area contributed by atoms with Crippen LogP contribution in [-0.4, -0.2) is 12.5 Å². The highest BCUT2D eigenvalue weighted by atomic mass is 79.9. The molecule has 0 aliphatic carbocycles. The van der Waals surface area contributed by atoms with Crippen LogP contribution in [0.3, 0.4) is 0 Å². The molecule has 0 atom stereocenters. The Hall–Kier alpha value is -0.940. The fourth-order valence-corrected chi connectivity index (χ4v) is 2.10. The van der Waals surface area contributed by atoms with Gasteiger partial charge in [0.15, 0.2) is 0 Å². The molecule has 0 unspecified atom stereocenters. The summed E-state index contributed by atoms with van der Waals surface area (Å²) < 4.78 is 14.2. The van der Waals surface area contributed by atoms with Crippen LogP contribution in [-0.2, 0) is 4.79 Å². The molecular weight excluding hydrogens is 311 g/mol. The van der Waals surface area contributed by atoms with E-state index in [1.165, 1.54) is 6.07 Å². The Morgan fingerprint density at radius 1 is 1.42 bits per heavy atom. The summed E-state index contributed by atoms with van der Waals surface area (Å²) in [6.45, 7) is 4.76. The SMILES string of the molecule is CC(C)(CCN)CCC(=O)Nc1ccc(Br)cc1F. The van der Waals surface area contributed by atoms with Crippen LogP contribution in [0, 0.1) is 11.2 Å². The van der Waals surface area contributed by atoms with E-state index in [1.807, 2.05) is 0 Å². The summed E-state index contributed by atoms with van der Waals surface area (Å²) in [7, 11) is 0. The van der Waals surface area contributed by atoms with Gasteiger partial charge in [-0.1, -0.05) is 29.8 Å². The van der Waals surface area contributed by atoms with Crippen LogP contribution in [0.15, 0.2) is 22.7 Å². The number of rotatable bonds is 6. The van der Waals surface area contributed by atoms with Crippen molar-refractivity contribution in [3.63, 3.8) is 0 Å². The van der Waals surface area contributed by atoms with Crippen molar-refractivity contribution in [2.75, 3.05) is 11.9 Å². The van der Waals surface area contributed by atoms with E-state index in [1.54, 1.807) is 12.1 Å². The third-order valence-electron chi connectivity index (χ3n) is 3.06. The highest BCUT2D eigenvalue weighted by Gasteiger charge is 2.18. The van der Waals surface area contributed by atoms with Crippen molar-refractivity contribution < 1.29 is 9.18 Å². The van der Waals surface area contributed by atoms with Gasteiger partial charge in [-0.2, -0.15) is 0 Å². The highest BCUT2D eigenvalue weighted by molar-refractivity contribution is 9.10. The van der Waals surface area contributed by atoms with Crippen molar-refractivity contribution in [2.24, 2.45) is 11.1 Å². The Balaban J connectivity index is 2.52. The maximum absolute atomic E-state index is 13.5. The van der Waals surface area contributed by atoms with Gasteiger partial charge in [-0.15, -0.1) is 0 Å². The number of carbonyl (C=O) groups is 1. The molecule has 1 rings (SSSR count). The van der Waals surface area contributed by atoms with Gasteiger partial charge in [-0.3, -0.25) is 4.79 Å². The molecular formula is C14H20BrFN2O. The highest BCUT2D eigenvalue weighted by Crippen LogP contribution is 2.26. The fraction of sp³-hybridized carbons (Fsp3) is 0.500. The monoisotopic (exact) mass is 330 g/mol. The van der Waals surface area contributed by atoms with Crippen LogP contribution in [0.25, 0.3) is 0 Å². The van der Waals surface area contributed by atoms with Crippen molar-refractivity contribution in [3.05, 3.63) is 28.5 Å². The zero-order valence-electron chi connectivity index (χ0n) is 11.3. The van der Waals surface area contributed by atoms with Crippen molar-refractivity contribution >= 4 is 27.5 Å². The van der Waals surface area contributed by atoms with E-state index in [9.17, 15) is 9.18 Å². The van der Waals surface area contributed by atoms with Gasteiger partial charge in [0.1, 0.15) is 5.82 Å². The number of hydrogen-bond acceptors (Lipinski definition) is 2. The summed E-state index contributed by atoms with van der Waals surface area (Å²) in [4.78, 5) is 11.8. The fourth-order valence-electron chi connectivity index (χ4n) is 1.77. The summed E-state index contributed by atoms with van der Waals surface area (Å²) in [5.74, 6) is -0.615. The quantitative estimate of drug-likeness (QED) is 0.835. The lowest BCUT2D eigenvalue weighted by Crippen LogP contribution is -2.21. The van der Waals surface area contributed by atoms with E-state index < -0.39 is 5.82 Å². The number of anilines is 1. The molecule has 0 bridgehead atoms. The number of carbonyl (C=O) groups excluding carboxylic acids is 1. The van der Waals surface area contributed by atoms with E-state index in [4.69, 9.17) is 5.73 Å². The Morgan fingerprint density at radius 3 is 2.68 bits per heavy atom. The van der Waals surface area contributed by atoms with Crippen LogP contribution >= 0.6 is 15.9 Å². The van der Waals surface area contributed by atoms with Gasteiger partial charge in [0.25, 0.3) is 0 Å². The summed E-state index contributed by atoms with van der Waals surface area (Å²) in [6, 6.07) is 4.56. The van der Waals surface area contributed by atoms with E-state index in [0.29, 0.717) is 17.4 Å². The van der Waals surface area contributed by atoms with Gasteiger partial charge in [0.2, 0.25) is 5.91 Å². The normalized spacial score (nSPS) is 11.4. The molecule has 0 aromatic heterocycles. The minimum atomic E-state index is -0.441. The first-order valence-electron chi connectivity index (χ1n) is 6.29. The first kappa shape index (κ1) is 16.1. The van der Waals surface area contributed by atoms with E-state index in [0.717, 1.165) is 12.8 Å². The number of amides is 1. The zero-order valence-corrected chi connectivity index (χ0v) is 12.9. The molecule has 0 aliphatic rings. The average Bonchev–Trinajstić information content (AvgIpc) is 2.30. The summed E-state index contributed by atoms with van der Waals surface area (Å²) in [5.41, 5.74) is 5.77. The van der Waals surface area contributed by atoms with Crippen LogP contribution in [0.1, 0.15) is 33.1 Å². The molecule has 1 amide bonds. The standard InChI is InChI=1S/C14H20BrFN2O/c1-14(2,7-8-17)6-5-13(19)18-12-4-3-10(15)9-11(12)16/h3-4,9H,5-8,17H2,1-2H3,(H,18,19). The second kappa shape index (κ2) is 7.01. The van der Waals surface area contributed by atoms with E-state index in [2.05, 4.69) is 35.1 Å². The van der Waals surface area contributed by atoms with Gasteiger partial charge < -0.3 is 11.1 Å². The second-order valence-electron chi connectivity index (χ2n) is 5.38. The molecule has 1 aromatic rings. The van der Waals surface area contributed by atoms with Crippen molar-refractivity contribution in [2.45, 2.75) is 33.1 Å². The molecule has 3 N–H and O–H groups in total. The smallest absolute Gasteiger partial charge is 0.224 e. The van der Waals surface area contributed by atoms with Crippen LogP contribution in [0.2, 0.25) is 0 Å². The topological polar surface area (TPSA) is 55.1 Å². The summed E-state index contributed by atoms with van der Waals surface area (Å²) in [6.07, 6.45) is 1.96. The predicted octanol–water partition coefficient (Wildman–Crippen LogP) is 3.68. The lowest BCUT2D eigenvalue weighted by Gasteiger charge is -2.23. The lowest BCUT2D eigenvalue weighted by molar-refractivity contribution is -0.116. The van der Waals surface area contributed by atoms with E-state index in [-0.39, 0.29) is 17.0 Å². The maximum atomic E-state index is 13.5. The van der Waals surface area contributed by atoms with Crippen molar-refractivity contribution in [1.29, 1.82) is 0 Å². The molecule has 3 nitrogen and oxygen atoms in total. The minimum Gasteiger partial charge on any atom is -0.330 e. The van der Waals surface area contributed by atoms with Crippen LogP contribution in [0.5, 0.6) is 0 Å². The number of halogens is 2. The first-order valence-corrected chi connectivity index (χ1v) is 7.08. The Morgan fingerprint density at radius 2 is 2.11 bits per heavy atom. The average molecular weight is 331 g/mol. The third-order valence-corrected chi connectivity index (χ3v) is 3.55. The first-order chi connectivity index (χ1) is 8.84. The molecule has 0 heterocycles. The number of benzene rings is 1. The zero-order chi connectivity index (χ0) is 14.5. The van der Waals surface area contributed by atoms with Gasteiger partial charge in [-0.05, 0) is 43.0 Å². The largest absolute Gasteiger partial charge is 0.330 e.